The van der Waals surface area contributed by atoms with Gasteiger partial charge in [0.15, 0.2) is 0 Å². The molecular weight excluding hydrogens is 274 g/mol. The number of para-hydroxylation sites is 1. The molecule has 1 atom stereocenters. The molecule has 0 radical (unpaired) electrons. The van der Waals surface area contributed by atoms with Crippen molar-refractivity contribution in [3.63, 3.8) is 0 Å². The highest BCUT2D eigenvalue weighted by Gasteiger charge is 2.20. The lowest BCUT2D eigenvalue weighted by Crippen LogP contribution is -2.17. The summed E-state index contributed by atoms with van der Waals surface area (Å²) in [5.74, 6) is 0.518. The quantitative estimate of drug-likeness (QED) is 0.820. The number of hydrogen-bond donors (Lipinski definition) is 1. The topological polar surface area (TPSA) is 12.0 Å². The monoisotopic (exact) mass is 287 g/mol. The molecule has 3 rings (SSSR count). The molecule has 17 heavy (non-hydrogen) atoms. The van der Waals surface area contributed by atoms with E-state index in [4.69, 9.17) is 0 Å². The van der Waals surface area contributed by atoms with Crippen molar-refractivity contribution in [1.29, 1.82) is 0 Å². The second kappa shape index (κ2) is 4.53. The van der Waals surface area contributed by atoms with Crippen LogP contribution in [0.1, 0.15) is 23.5 Å². The van der Waals surface area contributed by atoms with Gasteiger partial charge in [0.1, 0.15) is 0 Å². The van der Waals surface area contributed by atoms with Crippen molar-refractivity contribution in [1.82, 2.24) is 0 Å². The van der Waals surface area contributed by atoms with E-state index in [1.165, 1.54) is 16.8 Å². The van der Waals surface area contributed by atoms with E-state index in [-0.39, 0.29) is 0 Å². The van der Waals surface area contributed by atoms with Crippen LogP contribution in [0.4, 0.5) is 5.69 Å². The second-order valence-corrected chi connectivity index (χ2v) is 5.33. The molecule has 2 heteroatoms. The number of nitrogens with one attached hydrogen (secondary N) is 1. The predicted octanol–water partition coefficient (Wildman–Crippen LogP) is 4.40. The Bertz CT molecular complexity index is 536. The average Bonchev–Trinajstić information content (AvgIpc) is 2.38. The maximum atomic E-state index is 3.55. The summed E-state index contributed by atoms with van der Waals surface area (Å²) in [6, 6.07) is 17.3. The smallest absolute Gasteiger partial charge is 0.0379 e. The van der Waals surface area contributed by atoms with Gasteiger partial charge in [-0.3, -0.25) is 0 Å². The Balaban J connectivity index is 2.06. The summed E-state index contributed by atoms with van der Waals surface area (Å²) in [4.78, 5) is 0. The van der Waals surface area contributed by atoms with Crippen LogP contribution in [0.3, 0.4) is 0 Å². The van der Waals surface area contributed by atoms with Crippen molar-refractivity contribution >= 4 is 21.6 Å². The molecule has 1 aliphatic heterocycles. The van der Waals surface area contributed by atoms with Crippen LogP contribution < -0.4 is 5.32 Å². The van der Waals surface area contributed by atoms with Gasteiger partial charge in [-0.1, -0.05) is 46.3 Å². The van der Waals surface area contributed by atoms with Crippen LogP contribution in [-0.4, -0.2) is 6.54 Å². The Kier molecular flexibility index (Phi) is 2.89. The van der Waals surface area contributed by atoms with Crippen molar-refractivity contribution in [2.75, 3.05) is 11.9 Å². The molecule has 0 bridgehead atoms. The van der Waals surface area contributed by atoms with E-state index in [1.54, 1.807) is 0 Å². The minimum atomic E-state index is 0.518. The predicted molar refractivity (Wildman–Crippen MR) is 75.5 cm³/mol. The summed E-state index contributed by atoms with van der Waals surface area (Å²) in [7, 11) is 0. The second-order valence-electron chi connectivity index (χ2n) is 4.41. The first-order valence-electron chi connectivity index (χ1n) is 5.93. The van der Waals surface area contributed by atoms with E-state index in [0.717, 1.165) is 17.4 Å². The highest BCUT2D eigenvalue weighted by atomic mass is 79.9. The highest BCUT2D eigenvalue weighted by molar-refractivity contribution is 9.10. The van der Waals surface area contributed by atoms with Crippen LogP contribution in [0.15, 0.2) is 53.0 Å². The van der Waals surface area contributed by atoms with E-state index in [9.17, 15) is 0 Å². The Hall–Kier alpha value is -1.28. The van der Waals surface area contributed by atoms with Gasteiger partial charge in [-0.25, -0.2) is 0 Å². The van der Waals surface area contributed by atoms with Crippen LogP contribution in [0.25, 0.3) is 0 Å². The molecule has 1 nitrogen and oxygen atoms in total. The van der Waals surface area contributed by atoms with Crippen LogP contribution >= 0.6 is 15.9 Å². The normalized spacial score (nSPS) is 18.3. The molecule has 1 unspecified atom stereocenters. The maximum Gasteiger partial charge on any atom is 0.0379 e. The number of halogens is 1. The fraction of sp³-hybridized carbons (Fsp3) is 0.200. The number of anilines is 1. The summed E-state index contributed by atoms with van der Waals surface area (Å²) < 4.78 is 1.16. The lowest BCUT2D eigenvalue weighted by Gasteiger charge is -2.27. The number of benzene rings is 2. The Morgan fingerprint density at radius 2 is 1.94 bits per heavy atom. The van der Waals surface area contributed by atoms with Gasteiger partial charge in [0.2, 0.25) is 0 Å². The van der Waals surface area contributed by atoms with E-state index < -0.39 is 0 Å². The zero-order chi connectivity index (χ0) is 11.7. The summed E-state index contributed by atoms with van der Waals surface area (Å²) in [6.07, 6.45) is 1.16. The largest absolute Gasteiger partial charge is 0.385 e. The highest BCUT2D eigenvalue weighted by Crippen LogP contribution is 2.36. The molecule has 2 aromatic carbocycles. The standard InChI is InChI=1S/C15H14BrN/c16-12-5-3-4-11(10-12)13-8-9-17-15-7-2-1-6-14(13)15/h1-7,10,13,17H,8-9H2. The molecule has 86 valence electrons. The summed E-state index contributed by atoms with van der Waals surface area (Å²) in [5, 5.41) is 3.47. The Labute approximate surface area is 110 Å². The van der Waals surface area contributed by atoms with Gasteiger partial charge < -0.3 is 5.32 Å². The van der Waals surface area contributed by atoms with Gasteiger partial charge in [-0.2, -0.15) is 0 Å². The Morgan fingerprint density at radius 1 is 1.06 bits per heavy atom. The molecule has 2 aromatic rings. The molecule has 0 saturated carbocycles. The average molecular weight is 288 g/mol. The zero-order valence-electron chi connectivity index (χ0n) is 9.49. The van der Waals surface area contributed by atoms with Crippen molar-refractivity contribution in [2.24, 2.45) is 0 Å². The minimum Gasteiger partial charge on any atom is -0.385 e. The van der Waals surface area contributed by atoms with Crippen molar-refractivity contribution in [2.45, 2.75) is 12.3 Å². The number of hydrogen-bond acceptors (Lipinski definition) is 1. The number of rotatable bonds is 1. The van der Waals surface area contributed by atoms with E-state index in [2.05, 4.69) is 69.8 Å². The van der Waals surface area contributed by atoms with Crippen molar-refractivity contribution < 1.29 is 0 Å². The van der Waals surface area contributed by atoms with Gasteiger partial charge in [0, 0.05) is 22.6 Å². The SMILES string of the molecule is Brc1cccc(C2CCNc3ccccc32)c1. The first-order chi connectivity index (χ1) is 8.34. The van der Waals surface area contributed by atoms with Crippen molar-refractivity contribution in [3.8, 4) is 0 Å². The molecule has 0 fully saturated rings. The van der Waals surface area contributed by atoms with Crippen LogP contribution in [0.2, 0.25) is 0 Å². The van der Waals surface area contributed by atoms with Gasteiger partial charge >= 0.3 is 0 Å². The first-order valence-corrected chi connectivity index (χ1v) is 6.72. The van der Waals surface area contributed by atoms with Gasteiger partial charge in [-0.15, -0.1) is 0 Å². The minimum absolute atomic E-state index is 0.518. The fourth-order valence-electron chi connectivity index (χ4n) is 2.54. The van der Waals surface area contributed by atoms with Crippen molar-refractivity contribution in [3.05, 3.63) is 64.1 Å². The van der Waals surface area contributed by atoms with E-state index in [0.29, 0.717) is 5.92 Å². The third kappa shape index (κ3) is 2.09. The van der Waals surface area contributed by atoms with E-state index >= 15 is 0 Å². The third-order valence-corrected chi connectivity index (χ3v) is 3.83. The zero-order valence-corrected chi connectivity index (χ0v) is 11.1. The molecule has 0 saturated heterocycles. The summed E-state index contributed by atoms with van der Waals surface area (Å²) >= 11 is 3.55. The molecular formula is C15H14BrN. The van der Waals surface area contributed by atoms with Gasteiger partial charge in [0.25, 0.3) is 0 Å². The molecule has 1 N–H and O–H groups in total. The first kappa shape index (κ1) is 10.8. The molecule has 0 amide bonds. The van der Waals surface area contributed by atoms with Crippen LogP contribution in [-0.2, 0) is 0 Å². The van der Waals surface area contributed by atoms with E-state index in [1.807, 2.05) is 0 Å². The van der Waals surface area contributed by atoms with Crippen LogP contribution in [0.5, 0.6) is 0 Å². The molecule has 0 aliphatic carbocycles. The van der Waals surface area contributed by atoms with Crippen LogP contribution in [0, 0.1) is 0 Å². The summed E-state index contributed by atoms with van der Waals surface area (Å²) in [6.45, 7) is 1.05. The molecule has 0 aromatic heterocycles. The number of fused-ring (bicyclic) bond motifs is 1. The maximum absolute atomic E-state index is 3.55. The lowest BCUT2D eigenvalue weighted by atomic mass is 9.85. The van der Waals surface area contributed by atoms with Gasteiger partial charge in [0.05, 0.1) is 0 Å². The molecule has 1 aliphatic rings. The van der Waals surface area contributed by atoms with Gasteiger partial charge in [-0.05, 0) is 35.7 Å². The third-order valence-electron chi connectivity index (χ3n) is 3.34. The molecule has 0 spiro atoms. The fourth-order valence-corrected chi connectivity index (χ4v) is 2.96. The summed E-state index contributed by atoms with van der Waals surface area (Å²) in [5.41, 5.74) is 4.09. The lowest BCUT2D eigenvalue weighted by molar-refractivity contribution is 0.720. The molecule has 1 heterocycles. The Morgan fingerprint density at radius 3 is 2.82 bits per heavy atom.